The van der Waals surface area contributed by atoms with E-state index in [1.807, 2.05) is 43.6 Å². The molecule has 2 rings (SSSR count). The molecule has 0 amide bonds. The lowest BCUT2D eigenvalue weighted by Crippen LogP contribution is -2.12. The summed E-state index contributed by atoms with van der Waals surface area (Å²) in [6.07, 6.45) is 1.88. The Morgan fingerprint density at radius 1 is 1.27 bits per heavy atom. The lowest BCUT2D eigenvalue weighted by molar-refractivity contribution is 0.716. The van der Waals surface area contributed by atoms with Crippen LogP contribution >= 0.6 is 11.6 Å². The minimum absolute atomic E-state index is 0.191. The van der Waals surface area contributed by atoms with Gasteiger partial charge in [-0.15, -0.1) is 0 Å². The van der Waals surface area contributed by atoms with Crippen LogP contribution < -0.4 is 5.73 Å². The first kappa shape index (κ1) is 10.2. The molecule has 1 aromatic heterocycles. The molecule has 0 fully saturated rings. The van der Waals surface area contributed by atoms with Crippen LogP contribution in [-0.4, -0.2) is 9.78 Å². The van der Waals surface area contributed by atoms with Gasteiger partial charge >= 0.3 is 0 Å². The molecule has 0 aliphatic heterocycles. The Bertz CT molecular complexity index is 447. The molecule has 0 unspecified atom stereocenters. The number of rotatable bonds is 2. The average Bonchev–Trinajstić information content (AvgIpc) is 2.65. The van der Waals surface area contributed by atoms with Crippen molar-refractivity contribution in [2.24, 2.45) is 12.8 Å². The zero-order valence-corrected chi connectivity index (χ0v) is 9.15. The van der Waals surface area contributed by atoms with Gasteiger partial charge in [0.2, 0.25) is 0 Å². The third kappa shape index (κ3) is 2.19. The summed E-state index contributed by atoms with van der Waals surface area (Å²) in [7, 11) is 1.87. The molecule has 1 atom stereocenters. The van der Waals surface area contributed by atoms with Crippen molar-refractivity contribution in [1.29, 1.82) is 0 Å². The number of halogens is 1. The first-order valence-corrected chi connectivity index (χ1v) is 5.05. The van der Waals surface area contributed by atoms with E-state index in [-0.39, 0.29) is 6.04 Å². The van der Waals surface area contributed by atoms with Crippen molar-refractivity contribution in [2.75, 3.05) is 0 Å². The van der Waals surface area contributed by atoms with E-state index in [0.29, 0.717) is 5.02 Å². The van der Waals surface area contributed by atoms with Crippen LogP contribution in [-0.2, 0) is 7.05 Å². The van der Waals surface area contributed by atoms with Gasteiger partial charge in [-0.1, -0.05) is 23.7 Å². The molecule has 1 heterocycles. The Balaban J connectivity index is 2.28. The lowest BCUT2D eigenvalue weighted by Gasteiger charge is -2.08. The van der Waals surface area contributed by atoms with Crippen molar-refractivity contribution in [3.05, 3.63) is 52.8 Å². The van der Waals surface area contributed by atoms with Crippen LogP contribution in [0.1, 0.15) is 17.3 Å². The molecular formula is C11H12ClN3. The maximum absolute atomic E-state index is 6.06. The van der Waals surface area contributed by atoms with E-state index in [9.17, 15) is 0 Å². The fourth-order valence-electron chi connectivity index (χ4n) is 1.44. The number of hydrogen-bond acceptors (Lipinski definition) is 2. The summed E-state index contributed by atoms with van der Waals surface area (Å²) in [6, 6.07) is 9.23. The fourth-order valence-corrected chi connectivity index (χ4v) is 1.57. The second-order valence-electron chi connectivity index (χ2n) is 3.44. The Hall–Kier alpha value is -1.32. The fraction of sp³-hybridized carbons (Fsp3) is 0.182. The highest BCUT2D eigenvalue weighted by Gasteiger charge is 2.10. The Labute approximate surface area is 93.5 Å². The number of aryl methyl sites for hydroxylation is 1. The molecule has 15 heavy (non-hydrogen) atoms. The zero-order valence-electron chi connectivity index (χ0n) is 8.39. The van der Waals surface area contributed by atoms with Crippen molar-refractivity contribution >= 4 is 11.6 Å². The monoisotopic (exact) mass is 221 g/mol. The van der Waals surface area contributed by atoms with Crippen molar-refractivity contribution < 1.29 is 0 Å². The Morgan fingerprint density at radius 3 is 2.47 bits per heavy atom. The molecule has 78 valence electrons. The van der Waals surface area contributed by atoms with Crippen LogP contribution in [0.3, 0.4) is 0 Å². The van der Waals surface area contributed by atoms with Crippen LogP contribution in [0.4, 0.5) is 0 Å². The summed E-state index contributed by atoms with van der Waals surface area (Å²) >= 11 is 5.81. The standard InChI is InChI=1S/C11H12ClN3/c1-15-7-6-10(14-15)11(13)8-2-4-9(12)5-3-8/h2-7,11H,13H2,1H3/t11-/m1/s1. The largest absolute Gasteiger partial charge is 0.319 e. The Kier molecular flexibility index (Phi) is 2.75. The quantitative estimate of drug-likeness (QED) is 0.844. The van der Waals surface area contributed by atoms with Crippen LogP contribution in [0.2, 0.25) is 5.02 Å². The van der Waals surface area contributed by atoms with Gasteiger partial charge in [-0.05, 0) is 23.8 Å². The number of hydrogen-bond donors (Lipinski definition) is 1. The summed E-state index contributed by atoms with van der Waals surface area (Å²) < 4.78 is 1.74. The van der Waals surface area contributed by atoms with Gasteiger partial charge in [-0.25, -0.2) is 0 Å². The molecule has 0 radical (unpaired) electrons. The molecule has 0 saturated carbocycles. The van der Waals surface area contributed by atoms with Gasteiger partial charge in [0.15, 0.2) is 0 Å². The van der Waals surface area contributed by atoms with Crippen molar-refractivity contribution in [3.63, 3.8) is 0 Å². The van der Waals surface area contributed by atoms with Crippen molar-refractivity contribution in [2.45, 2.75) is 6.04 Å². The van der Waals surface area contributed by atoms with Gasteiger partial charge in [0.05, 0.1) is 11.7 Å². The van der Waals surface area contributed by atoms with E-state index in [1.165, 1.54) is 0 Å². The van der Waals surface area contributed by atoms with Crippen LogP contribution in [0.5, 0.6) is 0 Å². The molecule has 0 bridgehead atoms. The van der Waals surface area contributed by atoms with Gasteiger partial charge in [0.1, 0.15) is 0 Å². The number of nitrogens with zero attached hydrogens (tertiary/aromatic N) is 2. The molecule has 2 N–H and O–H groups in total. The first-order chi connectivity index (χ1) is 7.16. The summed E-state index contributed by atoms with van der Waals surface area (Å²) in [5.74, 6) is 0. The summed E-state index contributed by atoms with van der Waals surface area (Å²) in [5.41, 5.74) is 7.93. The minimum atomic E-state index is -0.191. The van der Waals surface area contributed by atoms with E-state index in [2.05, 4.69) is 5.10 Å². The molecule has 4 heteroatoms. The van der Waals surface area contributed by atoms with Crippen molar-refractivity contribution in [1.82, 2.24) is 9.78 Å². The van der Waals surface area contributed by atoms with Gasteiger partial charge in [-0.3, -0.25) is 4.68 Å². The molecule has 3 nitrogen and oxygen atoms in total. The average molecular weight is 222 g/mol. The predicted molar refractivity (Wildman–Crippen MR) is 60.7 cm³/mol. The van der Waals surface area contributed by atoms with E-state index in [1.54, 1.807) is 4.68 Å². The zero-order chi connectivity index (χ0) is 10.8. The van der Waals surface area contributed by atoms with E-state index in [0.717, 1.165) is 11.3 Å². The Morgan fingerprint density at radius 2 is 1.93 bits per heavy atom. The summed E-state index contributed by atoms with van der Waals surface area (Å²) in [6.45, 7) is 0. The van der Waals surface area contributed by atoms with Crippen LogP contribution in [0, 0.1) is 0 Å². The van der Waals surface area contributed by atoms with Gasteiger partial charge < -0.3 is 5.73 Å². The third-order valence-corrected chi connectivity index (χ3v) is 2.53. The number of aromatic nitrogens is 2. The van der Waals surface area contributed by atoms with Crippen LogP contribution in [0.25, 0.3) is 0 Å². The van der Waals surface area contributed by atoms with Crippen LogP contribution in [0.15, 0.2) is 36.5 Å². The highest BCUT2D eigenvalue weighted by Crippen LogP contribution is 2.19. The lowest BCUT2D eigenvalue weighted by atomic mass is 10.1. The first-order valence-electron chi connectivity index (χ1n) is 4.67. The number of benzene rings is 1. The second kappa shape index (κ2) is 4.04. The molecule has 0 aliphatic rings. The molecule has 2 aromatic rings. The van der Waals surface area contributed by atoms with E-state index >= 15 is 0 Å². The second-order valence-corrected chi connectivity index (χ2v) is 3.88. The highest BCUT2D eigenvalue weighted by atomic mass is 35.5. The molecule has 0 saturated heterocycles. The molecular weight excluding hydrogens is 210 g/mol. The van der Waals surface area contributed by atoms with Crippen molar-refractivity contribution in [3.8, 4) is 0 Å². The molecule has 1 aromatic carbocycles. The number of nitrogens with two attached hydrogens (primary N) is 1. The third-order valence-electron chi connectivity index (χ3n) is 2.28. The highest BCUT2D eigenvalue weighted by molar-refractivity contribution is 6.30. The summed E-state index contributed by atoms with van der Waals surface area (Å²) in [4.78, 5) is 0. The van der Waals surface area contributed by atoms with Gasteiger partial charge in [0, 0.05) is 18.3 Å². The van der Waals surface area contributed by atoms with Gasteiger partial charge in [0.25, 0.3) is 0 Å². The smallest absolute Gasteiger partial charge is 0.0837 e. The normalized spacial score (nSPS) is 12.7. The SMILES string of the molecule is Cn1ccc([C@H](N)c2ccc(Cl)cc2)n1. The summed E-state index contributed by atoms with van der Waals surface area (Å²) in [5, 5.41) is 4.98. The minimum Gasteiger partial charge on any atom is -0.319 e. The molecule has 0 aliphatic carbocycles. The topological polar surface area (TPSA) is 43.8 Å². The van der Waals surface area contributed by atoms with Gasteiger partial charge in [-0.2, -0.15) is 5.10 Å². The molecule has 0 spiro atoms. The van der Waals surface area contributed by atoms with E-state index < -0.39 is 0 Å². The maximum Gasteiger partial charge on any atom is 0.0837 e. The predicted octanol–water partition coefficient (Wildman–Crippen LogP) is 2.12. The van der Waals surface area contributed by atoms with E-state index in [4.69, 9.17) is 17.3 Å². The maximum atomic E-state index is 6.06.